The highest BCUT2D eigenvalue weighted by atomic mass is 35.5. The number of hydrogen-bond acceptors (Lipinski definition) is 2. The van der Waals surface area contributed by atoms with Crippen LogP contribution in [0.1, 0.15) is 23.6 Å². The lowest BCUT2D eigenvalue weighted by Gasteiger charge is -2.31. The van der Waals surface area contributed by atoms with Gasteiger partial charge in [-0.15, -0.1) is 0 Å². The van der Waals surface area contributed by atoms with Crippen LogP contribution in [0, 0.1) is 0 Å². The minimum atomic E-state index is -0.616. The quantitative estimate of drug-likeness (QED) is 0.532. The number of carbonyl (C=O) groups is 2. The van der Waals surface area contributed by atoms with Crippen molar-refractivity contribution in [3.63, 3.8) is 0 Å². The van der Waals surface area contributed by atoms with Crippen molar-refractivity contribution in [2.75, 3.05) is 6.54 Å². The topological polar surface area (TPSA) is 49.4 Å². The van der Waals surface area contributed by atoms with Gasteiger partial charge in [-0.25, -0.2) is 0 Å². The summed E-state index contributed by atoms with van der Waals surface area (Å²) in [6.45, 7) is 2.72. The zero-order valence-electron chi connectivity index (χ0n) is 17.6. The van der Waals surface area contributed by atoms with Crippen molar-refractivity contribution in [2.24, 2.45) is 0 Å². The molecule has 3 aromatic carbocycles. The zero-order valence-corrected chi connectivity index (χ0v) is 18.4. The molecule has 5 heteroatoms. The monoisotopic (exact) mass is 434 g/mol. The summed E-state index contributed by atoms with van der Waals surface area (Å²) in [7, 11) is 0. The SMILES string of the molecule is CCNC(=O)[C@@H](Cc1ccccc1)N(Cc1ccc(Cl)cc1)C(=O)Cc1ccccc1. The van der Waals surface area contributed by atoms with Crippen LogP contribution in [0.3, 0.4) is 0 Å². The van der Waals surface area contributed by atoms with Gasteiger partial charge in [0.1, 0.15) is 6.04 Å². The number of halogens is 1. The van der Waals surface area contributed by atoms with Gasteiger partial charge in [0.05, 0.1) is 6.42 Å². The summed E-state index contributed by atoms with van der Waals surface area (Å²) < 4.78 is 0. The lowest BCUT2D eigenvalue weighted by Crippen LogP contribution is -2.50. The van der Waals surface area contributed by atoms with Crippen molar-refractivity contribution in [1.29, 1.82) is 0 Å². The zero-order chi connectivity index (χ0) is 22.1. The number of hydrogen-bond donors (Lipinski definition) is 1. The molecule has 1 atom stereocenters. The second-order valence-electron chi connectivity index (χ2n) is 7.41. The molecular formula is C26H27ClN2O2. The molecule has 0 spiro atoms. The smallest absolute Gasteiger partial charge is 0.243 e. The Kier molecular flexibility index (Phi) is 8.25. The number of amides is 2. The summed E-state index contributed by atoms with van der Waals surface area (Å²) in [4.78, 5) is 28.2. The van der Waals surface area contributed by atoms with E-state index in [2.05, 4.69) is 5.32 Å². The van der Waals surface area contributed by atoms with Gasteiger partial charge >= 0.3 is 0 Å². The van der Waals surface area contributed by atoms with Gasteiger partial charge < -0.3 is 10.2 Å². The van der Waals surface area contributed by atoms with Gasteiger partial charge in [-0.3, -0.25) is 9.59 Å². The molecule has 0 radical (unpaired) electrons. The summed E-state index contributed by atoms with van der Waals surface area (Å²) in [5.41, 5.74) is 2.85. The molecule has 0 saturated carbocycles. The Morgan fingerprint density at radius 3 is 2.00 bits per heavy atom. The maximum Gasteiger partial charge on any atom is 0.243 e. The first-order valence-corrected chi connectivity index (χ1v) is 10.8. The molecule has 0 aliphatic rings. The predicted octanol–water partition coefficient (Wildman–Crippen LogP) is 4.66. The molecule has 0 saturated heterocycles. The fourth-order valence-corrected chi connectivity index (χ4v) is 3.63. The Morgan fingerprint density at radius 1 is 0.839 bits per heavy atom. The van der Waals surface area contributed by atoms with Gasteiger partial charge in [0, 0.05) is 24.5 Å². The molecule has 3 aromatic rings. The lowest BCUT2D eigenvalue weighted by atomic mass is 10.0. The highest BCUT2D eigenvalue weighted by molar-refractivity contribution is 6.30. The number of nitrogens with zero attached hydrogens (tertiary/aromatic N) is 1. The summed E-state index contributed by atoms with van der Waals surface area (Å²) >= 11 is 6.03. The van der Waals surface area contributed by atoms with Crippen LogP contribution in [-0.4, -0.2) is 29.3 Å². The standard InChI is InChI=1S/C26H27ClN2O2/c1-2-28-26(31)24(17-20-9-5-3-6-10-20)29(19-22-13-15-23(27)16-14-22)25(30)18-21-11-7-4-8-12-21/h3-16,24H,2,17-19H2,1H3,(H,28,31)/t24-/m1/s1. The number of nitrogens with one attached hydrogen (secondary N) is 1. The fraction of sp³-hybridized carbons (Fsp3) is 0.231. The molecule has 0 aliphatic heterocycles. The second-order valence-corrected chi connectivity index (χ2v) is 7.85. The van der Waals surface area contributed by atoms with E-state index in [1.165, 1.54) is 0 Å². The molecule has 0 aliphatic carbocycles. The molecule has 31 heavy (non-hydrogen) atoms. The first-order valence-electron chi connectivity index (χ1n) is 10.5. The van der Waals surface area contributed by atoms with Gasteiger partial charge in [0.15, 0.2) is 0 Å². The van der Waals surface area contributed by atoms with E-state index in [0.717, 1.165) is 16.7 Å². The fourth-order valence-electron chi connectivity index (χ4n) is 3.50. The Labute approximate surface area is 188 Å². The van der Waals surface area contributed by atoms with Crippen molar-refractivity contribution in [3.8, 4) is 0 Å². The van der Waals surface area contributed by atoms with E-state index < -0.39 is 6.04 Å². The summed E-state index contributed by atoms with van der Waals surface area (Å²) in [6.07, 6.45) is 0.680. The van der Waals surface area contributed by atoms with Crippen molar-refractivity contribution in [2.45, 2.75) is 32.4 Å². The highest BCUT2D eigenvalue weighted by Gasteiger charge is 2.30. The van der Waals surface area contributed by atoms with Gasteiger partial charge in [-0.05, 0) is 35.7 Å². The van der Waals surface area contributed by atoms with Crippen LogP contribution in [0.25, 0.3) is 0 Å². The van der Waals surface area contributed by atoms with Crippen LogP contribution in [0.5, 0.6) is 0 Å². The third kappa shape index (κ3) is 6.69. The Morgan fingerprint density at radius 2 is 1.42 bits per heavy atom. The van der Waals surface area contributed by atoms with E-state index in [4.69, 9.17) is 11.6 Å². The summed E-state index contributed by atoms with van der Waals surface area (Å²) in [5.74, 6) is -0.241. The van der Waals surface area contributed by atoms with Crippen molar-refractivity contribution in [3.05, 3.63) is 107 Å². The maximum absolute atomic E-state index is 13.4. The molecule has 3 rings (SSSR count). The van der Waals surface area contributed by atoms with Crippen molar-refractivity contribution >= 4 is 23.4 Å². The maximum atomic E-state index is 13.4. The molecule has 160 valence electrons. The van der Waals surface area contributed by atoms with E-state index >= 15 is 0 Å². The minimum absolute atomic E-state index is 0.0895. The first-order chi connectivity index (χ1) is 15.1. The number of likely N-dealkylation sites (N-methyl/N-ethyl adjacent to an activating group) is 1. The average Bonchev–Trinajstić information content (AvgIpc) is 2.79. The van der Waals surface area contributed by atoms with E-state index in [-0.39, 0.29) is 18.2 Å². The summed E-state index contributed by atoms with van der Waals surface area (Å²) in [6, 6.07) is 26.2. The van der Waals surface area contributed by atoms with E-state index in [9.17, 15) is 9.59 Å². The largest absolute Gasteiger partial charge is 0.355 e. The van der Waals surface area contributed by atoms with Crippen LogP contribution in [0.2, 0.25) is 5.02 Å². The van der Waals surface area contributed by atoms with E-state index in [1.54, 1.807) is 17.0 Å². The highest BCUT2D eigenvalue weighted by Crippen LogP contribution is 2.18. The molecule has 4 nitrogen and oxygen atoms in total. The van der Waals surface area contributed by atoms with Crippen LogP contribution >= 0.6 is 11.6 Å². The minimum Gasteiger partial charge on any atom is -0.355 e. The van der Waals surface area contributed by atoms with Crippen LogP contribution in [0.15, 0.2) is 84.9 Å². The van der Waals surface area contributed by atoms with Crippen molar-refractivity contribution < 1.29 is 9.59 Å². The number of carbonyl (C=O) groups excluding carboxylic acids is 2. The van der Waals surface area contributed by atoms with E-state index in [1.807, 2.05) is 79.7 Å². The molecule has 0 unspecified atom stereocenters. The molecular weight excluding hydrogens is 408 g/mol. The summed E-state index contributed by atoms with van der Waals surface area (Å²) in [5, 5.41) is 3.54. The molecule has 0 fully saturated rings. The van der Waals surface area contributed by atoms with Crippen LogP contribution in [-0.2, 0) is 29.0 Å². The Bertz CT molecular complexity index is 975. The van der Waals surface area contributed by atoms with Gasteiger partial charge in [0.25, 0.3) is 0 Å². The van der Waals surface area contributed by atoms with Gasteiger partial charge in [-0.1, -0.05) is 84.4 Å². The molecule has 1 N–H and O–H groups in total. The van der Waals surface area contributed by atoms with E-state index in [0.29, 0.717) is 24.5 Å². The molecule has 0 aromatic heterocycles. The van der Waals surface area contributed by atoms with Crippen LogP contribution in [0.4, 0.5) is 0 Å². The molecule has 0 heterocycles. The van der Waals surface area contributed by atoms with Gasteiger partial charge in [0.2, 0.25) is 11.8 Å². The normalized spacial score (nSPS) is 11.5. The van der Waals surface area contributed by atoms with Crippen LogP contribution < -0.4 is 5.32 Å². The predicted molar refractivity (Wildman–Crippen MR) is 125 cm³/mol. The number of rotatable bonds is 9. The number of benzene rings is 3. The van der Waals surface area contributed by atoms with Crippen molar-refractivity contribution in [1.82, 2.24) is 10.2 Å². The third-order valence-corrected chi connectivity index (χ3v) is 5.34. The Hall–Kier alpha value is -3.11. The lowest BCUT2D eigenvalue weighted by molar-refractivity contribution is -0.140. The Balaban J connectivity index is 1.93. The van der Waals surface area contributed by atoms with Gasteiger partial charge in [-0.2, -0.15) is 0 Å². The second kappa shape index (κ2) is 11.3. The third-order valence-electron chi connectivity index (χ3n) is 5.09. The average molecular weight is 435 g/mol. The molecule has 0 bridgehead atoms. The first kappa shape index (κ1) is 22.6. The molecule has 2 amide bonds.